The number of anilines is 1. The number of halogens is 1. The van der Waals surface area contributed by atoms with Crippen LogP contribution < -0.4 is 14.8 Å². The van der Waals surface area contributed by atoms with Gasteiger partial charge in [0.05, 0.1) is 17.3 Å². The number of aromatic hydroxyl groups is 1. The lowest BCUT2D eigenvalue weighted by molar-refractivity contribution is 0.102. The minimum Gasteiger partial charge on any atom is -0.508 e. The number of amides is 1. The van der Waals surface area contributed by atoms with Gasteiger partial charge in [-0.15, -0.1) is 0 Å². The molecule has 0 saturated carbocycles. The van der Waals surface area contributed by atoms with Gasteiger partial charge in [0.1, 0.15) is 5.75 Å². The van der Waals surface area contributed by atoms with E-state index in [0.717, 1.165) is 9.99 Å². The Hall–Kier alpha value is -1.96. The molecule has 0 aromatic heterocycles. The molecule has 0 spiro atoms. The average Bonchev–Trinajstić information content (AvgIpc) is 2.55. The van der Waals surface area contributed by atoms with Gasteiger partial charge in [-0.2, -0.15) is 0 Å². The quantitative estimate of drug-likeness (QED) is 0.540. The normalized spacial score (nSPS) is 10.2. The summed E-state index contributed by atoms with van der Waals surface area (Å²) < 4.78 is 11.8. The molecule has 0 bridgehead atoms. The number of benzene rings is 2. The molecule has 2 aromatic carbocycles. The van der Waals surface area contributed by atoms with Crippen molar-refractivity contribution in [2.75, 3.05) is 19.0 Å². The summed E-state index contributed by atoms with van der Waals surface area (Å²) in [6.45, 7) is 2.62. The van der Waals surface area contributed by atoms with Crippen molar-refractivity contribution in [3.8, 4) is 17.2 Å². The van der Waals surface area contributed by atoms with Crippen LogP contribution in [0.15, 0.2) is 36.4 Å². The third-order valence-corrected chi connectivity index (χ3v) is 3.87. The molecular formula is C17H18INO4. The van der Waals surface area contributed by atoms with Gasteiger partial charge in [-0.25, -0.2) is 0 Å². The van der Waals surface area contributed by atoms with Crippen molar-refractivity contribution in [2.24, 2.45) is 0 Å². The average molecular weight is 427 g/mol. The molecule has 6 heteroatoms. The lowest BCUT2D eigenvalue weighted by Crippen LogP contribution is -2.13. The second kappa shape index (κ2) is 8.05. The molecule has 0 fully saturated rings. The summed E-state index contributed by atoms with van der Waals surface area (Å²) >= 11 is 2.13. The number of rotatable bonds is 6. The van der Waals surface area contributed by atoms with E-state index in [9.17, 15) is 9.90 Å². The van der Waals surface area contributed by atoms with E-state index in [2.05, 4.69) is 27.9 Å². The first-order valence-electron chi connectivity index (χ1n) is 7.16. The predicted octanol–water partition coefficient (Wildman–Crippen LogP) is 4.05. The number of carbonyl (C=O) groups is 1. The van der Waals surface area contributed by atoms with Crippen LogP contribution in [0.2, 0.25) is 0 Å². The summed E-state index contributed by atoms with van der Waals surface area (Å²) in [7, 11) is 1.55. The fraction of sp³-hybridized carbons (Fsp3) is 0.235. The highest BCUT2D eigenvalue weighted by Gasteiger charge is 2.15. The molecule has 0 aliphatic rings. The van der Waals surface area contributed by atoms with Crippen LogP contribution in [0.5, 0.6) is 17.2 Å². The zero-order chi connectivity index (χ0) is 16.8. The second-order valence-corrected chi connectivity index (χ2v) is 6.00. The van der Waals surface area contributed by atoms with Gasteiger partial charge in [0, 0.05) is 11.3 Å². The maximum atomic E-state index is 12.4. The number of phenolic OH excluding ortho intramolecular Hbond substituents is 1. The van der Waals surface area contributed by atoms with Crippen molar-refractivity contribution in [3.63, 3.8) is 0 Å². The summed E-state index contributed by atoms with van der Waals surface area (Å²) in [5.41, 5.74) is 1.08. The van der Waals surface area contributed by atoms with E-state index in [0.29, 0.717) is 29.4 Å². The van der Waals surface area contributed by atoms with Gasteiger partial charge in [-0.1, -0.05) is 6.92 Å². The van der Waals surface area contributed by atoms with Crippen LogP contribution in [0.4, 0.5) is 5.69 Å². The van der Waals surface area contributed by atoms with Gasteiger partial charge in [-0.3, -0.25) is 4.79 Å². The van der Waals surface area contributed by atoms with Crippen molar-refractivity contribution in [2.45, 2.75) is 13.3 Å². The van der Waals surface area contributed by atoms with Gasteiger partial charge in [0.25, 0.3) is 5.91 Å². The fourth-order valence-electron chi connectivity index (χ4n) is 1.94. The Kier molecular flexibility index (Phi) is 6.09. The molecule has 0 radical (unpaired) electrons. The van der Waals surface area contributed by atoms with Crippen molar-refractivity contribution in [1.29, 1.82) is 0 Å². The summed E-state index contributed by atoms with van der Waals surface area (Å²) in [6, 6.07) is 9.71. The summed E-state index contributed by atoms with van der Waals surface area (Å²) in [6.07, 6.45) is 0.891. The second-order valence-electron chi connectivity index (χ2n) is 4.84. The number of carbonyl (C=O) groups excluding carboxylic acids is 1. The van der Waals surface area contributed by atoms with Crippen molar-refractivity contribution in [3.05, 3.63) is 45.5 Å². The Labute approximate surface area is 148 Å². The Morgan fingerprint density at radius 3 is 2.57 bits per heavy atom. The highest BCUT2D eigenvalue weighted by atomic mass is 127. The van der Waals surface area contributed by atoms with Gasteiger partial charge in [-0.05, 0) is 65.4 Å². The summed E-state index contributed by atoms with van der Waals surface area (Å²) in [4.78, 5) is 12.4. The van der Waals surface area contributed by atoms with Gasteiger partial charge >= 0.3 is 0 Å². The standard InChI is InChI=1S/C17H18INO4/c1-3-8-23-16-14(18)9-11(10-15(16)22-2)17(21)19-12-4-6-13(20)7-5-12/h4-7,9-10,20H,3,8H2,1-2H3,(H,19,21). The zero-order valence-corrected chi connectivity index (χ0v) is 15.1. The van der Waals surface area contributed by atoms with E-state index in [1.165, 1.54) is 12.1 Å². The molecule has 0 unspecified atom stereocenters. The van der Waals surface area contributed by atoms with Gasteiger partial charge in [0.15, 0.2) is 11.5 Å². The third-order valence-electron chi connectivity index (χ3n) is 3.07. The van der Waals surface area contributed by atoms with Crippen LogP contribution in [0, 0.1) is 3.57 Å². The molecule has 1 amide bonds. The van der Waals surface area contributed by atoms with Crippen LogP contribution in [-0.2, 0) is 0 Å². The zero-order valence-electron chi connectivity index (χ0n) is 12.9. The number of hydrogen-bond donors (Lipinski definition) is 2. The molecule has 0 saturated heterocycles. The molecule has 122 valence electrons. The number of nitrogens with one attached hydrogen (secondary N) is 1. The smallest absolute Gasteiger partial charge is 0.255 e. The minimum absolute atomic E-state index is 0.150. The lowest BCUT2D eigenvalue weighted by Gasteiger charge is -2.14. The van der Waals surface area contributed by atoms with E-state index in [4.69, 9.17) is 9.47 Å². The molecule has 0 atom stereocenters. The van der Waals surface area contributed by atoms with E-state index < -0.39 is 0 Å². The van der Waals surface area contributed by atoms with E-state index >= 15 is 0 Å². The Morgan fingerprint density at radius 2 is 1.96 bits per heavy atom. The first-order valence-corrected chi connectivity index (χ1v) is 8.23. The molecule has 5 nitrogen and oxygen atoms in total. The first kappa shape index (κ1) is 17.4. The van der Waals surface area contributed by atoms with Gasteiger partial charge in [0.2, 0.25) is 0 Å². The molecule has 0 aliphatic carbocycles. The van der Waals surface area contributed by atoms with Gasteiger partial charge < -0.3 is 19.9 Å². The molecule has 2 N–H and O–H groups in total. The topological polar surface area (TPSA) is 67.8 Å². The van der Waals surface area contributed by atoms with E-state index in [1.807, 2.05) is 6.92 Å². The monoisotopic (exact) mass is 427 g/mol. The third kappa shape index (κ3) is 4.51. The van der Waals surface area contributed by atoms with Crippen LogP contribution in [-0.4, -0.2) is 24.7 Å². The molecule has 0 aliphatic heterocycles. The lowest BCUT2D eigenvalue weighted by atomic mass is 10.1. The maximum Gasteiger partial charge on any atom is 0.255 e. The largest absolute Gasteiger partial charge is 0.508 e. The molecule has 2 rings (SSSR count). The minimum atomic E-state index is -0.256. The molecule has 23 heavy (non-hydrogen) atoms. The maximum absolute atomic E-state index is 12.4. The van der Waals surface area contributed by atoms with Crippen molar-refractivity contribution in [1.82, 2.24) is 0 Å². The van der Waals surface area contributed by atoms with Crippen molar-refractivity contribution >= 4 is 34.2 Å². The highest BCUT2D eigenvalue weighted by Crippen LogP contribution is 2.34. The Balaban J connectivity index is 2.23. The SMILES string of the molecule is CCCOc1c(I)cc(C(=O)Nc2ccc(O)cc2)cc1OC. The Morgan fingerprint density at radius 1 is 1.26 bits per heavy atom. The summed E-state index contributed by atoms with van der Waals surface area (Å²) in [5.74, 6) is 1.07. The highest BCUT2D eigenvalue weighted by molar-refractivity contribution is 14.1. The fourth-order valence-corrected chi connectivity index (χ4v) is 2.70. The van der Waals surface area contributed by atoms with Crippen LogP contribution >= 0.6 is 22.6 Å². The number of ether oxygens (including phenoxy) is 2. The van der Waals surface area contributed by atoms with Crippen molar-refractivity contribution < 1.29 is 19.4 Å². The first-order chi connectivity index (χ1) is 11.0. The number of hydrogen-bond acceptors (Lipinski definition) is 4. The van der Waals surface area contributed by atoms with Crippen LogP contribution in [0.3, 0.4) is 0 Å². The summed E-state index contributed by atoms with van der Waals surface area (Å²) in [5, 5.41) is 12.0. The predicted molar refractivity (Wildman–Crippen MR) is 97.6 cm³/mol. The van der Waals surface area contributed by atoms with E-state index in [-0.39, 0.29) is 11.7 Å². The number of phenols is 1. The Bertz CT molecular complexity index is 686. The van der Waals surface area contributed by atoms with Crippen LogP contribution in [0.1, 0.15) is 23.7 Å². The van der Waals surface area contributed by atoms with Crippen LogP contribution in [0.25, 0.3) is 0 Å². The molecule has 0 heterocycles. The number of methoxy groups -OCH3 is 1. The molecule has 2 aromatic rings. The molecular weight excluding hydrogens is 409 g/mol. The van der Waals surface area contributed by atoms with E-state index in [1.54, 1.807) is 31.4 Å².